The lowest BCUT2D eigenvalue weighted by Crippen LogP contribution is -2.47. The molecule has 4 nitrogen and oxygen atoms in total. The van der Waals surface area contributed by atoms with Crippen LogP contribution in [-0.4, -0.2) is 23.2 Å². The molecule has 0 spiro atoms. The molecule has 1 saturated heterocycles. The van der Waals surface area contributed by atoms with Gasteiger partial charge in [-0.2, -0.15) is 0 Å². The molecular formula is C7H12N2O2. The lowest BCUT2D eigenvalue weighted by Gasteiger charge is -2.26. The second-order valence-corrected chi connectivity index (χ2v) is 2.84. The smallest absolute Gasteiger partial charge is 0.247 e. The van der Waals surface area contributed by atoms with Crippen molar-refractivity contribution in [3.63, 3.8) is 0 Å². The fourth-order valence-electron chi connectivity index (χ4n) is 1.28. The third-order valence-electron chi connectivity index (χ3n) is 1.96. The van der Waals surface area contributed by atoms with Gasteiger partial charge in [0.1, 0.15) is 5.78 Å². The van der Waals surface area contributed by atoms with E-state index in [1.807, 2.05) is 0 Å². The molecule has 1 rings (SSSR count). The van der Waals surface area contributed by atoms with Crippen molar-refractivity contribution in [1.82, 2.24) is 5.01 Å². The van der Waals surface area contributed by atoms with Crippen LogP contribution < -0.4 is 5.84 Å². The zero-order chi connectivity index (χ0) is 8.43. The van der Waals surface area contributed by atoms with Crippen LogP contribution in [-0.2, 0) is 9.59 Å². The number of hydrazine groups is 1. The van der Waals surface area contributed by atoms with Crippen molar-refractivity contribution in [3.8, 4) is 0 Å². The van der Waals surface area contributed by atoms with Crippen molar-refractivity contribution in [2.24, 2.45) is 11.8 Å². The van der Waals surface area contributed by atoms with Crippen molar-refractivity contribution >= 4 is 11.7 Å². The molecule has 11 heavy (non-hydrogen) atoms. The Balaban J connectivity index is 2.66. The number of rotatable bonds is 1. The average Bonchev–Trinajstić information content (AvgIpc) is 1.94. The number of nitrogens with two attached hydrogens (primary N) is 1. The molecule has 0 aromatic rings. The Kier molecular flexibility index (Phi) is 2.24. The van der Waals surface area contributed by atoms with Gasteiger partial charge < -0.3 is 0 Å². The van der Waals surface area contributed by atoms with E-state index in [-0.39, 0.29) is 11.7 Å². The number of amides is 1. The van der Waals surface area contributed by atoms with Crippen LogP contribution in [0.25, 0.3) is 0 Å². The fraction of sp³-hybridized carbons (Fsp3) is 0.714. The van der Waals surface area contributed by atoms with E-state index >= 15 is 0 Å². The van der Waals surface area contributed by atoms with Crippen LogP contribution in [0.4, 0.5) is 0 Å². The summed E-state index contributed by atoms with van der Waals surface area (Å²) in [5.41, 5.74) is 0. The van der Waals surface area contributed by atoms with E-state index < -0.39 is 5.92 Å². The van der Waals surface area contributed by atoms with Gasteiger partial charge in [0.05, 0.1) is 5.92 Å². The summed E-state index contributed by atoms with van der Waals surface area (Å²) >= 11 is 0. The maximum Gasteiger partial charge on any atom is 0.247 e. The highest BCUT2D eigenvalue weighted by atomic mass is 16.2. The van der Waals surface area contributed by atoms with Gasteiger partial charge in [-0.15, -0.1) is 0 Å². The minimum absolute atomic E-state index is 0.0786. The number of nitrogens with zero attached hydrogens (tertiary/aromatic N) is 1. The molecule has 1 amide bonds. The third kappa shape index (κ3) is 1.57. The van der Waals surface area contributed by atoms with E-state index in [2.05, 4.69) is 0 Å². The zero-order valence-corrected chi connectivity index (χ0v) is 6.54. The molecule has 1 unspecified atom stereocenters. The van der Waals surface area contributed by atoms with Crippen molar-refractivity contribution < 1.29 is 9.59 Å². The Morgan fingerprint density at radius 1 is 1.73 bits per heavy atom. The first kappa shape index (κ1) is 8.20. The number of hydrogen-bond acceptors (Lipinski definition) is 3. The molecule has 0 bridgehead atoms. The maximum atomic E-state index is 11.1. The molecule has 1 heterocycles. The van der Waals surface area contributed by atoms with E-state index in [0.717, 1.165) is 11.4 Å². The van der Waals surface area contributed by atoms with E-state index in [9.17, 15) is 9.59 Å². The van der Waals surface area contributed by atoms with E-state index in [1.54, 1.807) is 0 Å². The molecule has 1 atom stereocenters. The quantitative estimate of drug-likeness (QED) is 0.322. The molecule has 0 aliphatic carbocycles. The Morgan fingerprint density at radius 2 is 2.36 bits per heavy atom. The summed E-state index contributed by atoms with van der Waals surface area (Å²) < 4.78 is 0. The van der Waals surface area contributed by atoms with Crippen LogP contribution in [0.3, 0.4) is 0 Å². The van der Waals surface area contributed by atoms with Crippen LogP contribution in [0, 0.1) is 5.92 Å². The van der Waals surface area contributed by atoms with Crippen LogP contribution in [0.15, 0.2) is 0 Å². The lowest BCUT2D eigenvalue weighted by molar-refractivity contribution is -0.143. The normalized spacial score (nSPS) is 25.5. The van der Waals surface area contributed by atoms with Gasteiger partial charge in [0.15, 0.2) is 0 Å². The van der Waals surface area contributed by atoms with E-state index in [4.69, 9.17) is 5.84 Å². The molecule has 0 radical (unpaired) electrons. The molecule has 2 N–H and O–H groups in total. The van der Waals surface area contributed by atoms with Crippen molar-refractivity contribution in [2.75, 3.05) is 6.54 Å². The number of Topliss-reactive ketones (excluding diaryl/α,β-unsaturated/α-hetero) is 1. The summed E-state index contributed by atoms with van der Waals surface area (Å²) in [7, 11) is 0. The highest BCUT2D eigenvalue weighted by Crippen LogP contribution is 2.15. The van der Waals surface area contributed by atoms with E-state index in [0.29, 0.717) is 13.0 Å². The molecule has 0 aromatic carbocycles. The van der Waals surface area contributed by atoms with Gasteiger partial charge >= 0.3 is 0 Å². The molecule has 62 valence electrons. The molecule has 4 heteroatoms. The maximum absolute atomic E-state index is 11.1. The number of carbonyl (C=O) groups excluding carboxylic acids is 2. The number of ketones is 1. The van der Waals surface area contributed by atoms with Crippen LogP contribution >= 0.6 is 0 Å². The Labute approximate surface area is 65.3 Å². The Hall–Kier alpha value is -0.900. The standard InChI is InChI=1S/C7H12N2O2/c1-5(10)6-3-2-4-9(8)7(6)11/h6H,2-4,8H2,1H3. The van der Waals surface area contributed by atoms with Gasteiger partial charge in [-0.1, -0.05) is 0 Å². The van der Waals surface area contributed by atoms with Crippen LogP contribution in [0.1, 0.15) is 19.8 Å². The summed E-state index contributed by atoms with van der Waals surface area (Å²) in [6.07, 6.45) is 1.48. The molecular weight excluding hydrogens is 144 g/mol. The monoisotopic (exact) mass is 156 g/mol. The highest BCUT2D eigenvalue weighted by Gasteiger charge is 2.29. The second-order valence-electron chi connectivity index (χ2n) is 2.84. The number of hydrogen-bond donors (Lipinski definition) is 1. The summed E-state index contributed by atoms with van der Waals surface area (Å²) in [4.78, 5) is 22.0. The van der Waals surface area contributed by atoms with Crippen molar-refractivity contribution in [2.45, 2.75) is 19.8 Å². The first-order valence-electron chi connectivity index (χ1n) is 3.69. The molecule has 1 aliphatic rings. The lowest BCUT2D eigenvalue weighted by atomic mass is 9.95. The van der Waals surface area contributed by atoms with Gasteiger partial charge in [0, 0.05) is 6.54 Å². The van der Waals surface area contributed by atoms with Gasteiger partial charge in [-0.25, -0.2) is 5.84 Å². The summed E-state index contributed by atoms with van der Waals surface area (Å²) in [6.45, 7) is 2.00. The summed E-state index contributed by atoms with van der Waals surface area (Å²) in [5.74, 6) is 4.55. The predicted octanol–water partition coefficient (Wildman–Crippen LogP) is -0.312. The fourth-order valence-corrected chi connectivity index (χ4v) is 1.28. The summed E-state index contributed by atoms with van der Waals surface area (Å²) in [5, 5.41) is 1.13. The number of carbonyl (C=O) groups is 2. The second kappa shape index (κ2) is 3.00. The van der Waals surface area contributed by atoms with Gasteiger partial charge in [0.25, 0.3) is 0 Å². The van der Waals surface area contributed by atoms with Crippen LogP contribution in [0.5, 0.6) is 0 Å². The average molecular weight is 156 g/mol. The molecule has 1 fully saturated rings. The van der Waals surface area contributed by atoms with E-state index in [1.165, 1.54) is 6.92 Å². The zero-order valence-electron chi connectivity index (χ0n) is 6.54. The Bertz CT molecular complexity index is 191. The number of piperidine rings is 1. The molecule has 0 saturated carbocycles. The first-order valence-corrected chi connectivity index (χ1v) is 3.69. The largest absolute Gasteiger partial charge is 0.299 e. The van der Waals surface area contributed by atoms with Gasteiger partial charge in [0.2, 0.25) is 5.91 Å². The predicted molar refractivity (Wildman–Crippen MR) is 39.3 cm³/mol. The SMILES string of the molecule is CC(=O)C1CCCN(N)C1=O. The minimum Gasteiger partial charge on any atom is -0.299 e. The van der Waals surface area contributed by atoms with Crippen LogP contribution in [0.2, 0.25) is 0 Å². The summed E-state index contributed by atoms with van der Waals surface area (Å²) in [6, 6.07) is 0. The van der Waals surface area contributed by atoms with Crippen molar-refractivity contribution in [1.29, 1.82) is 0 Å². The third-order valence-corrected chi connectivity index (χ3v) is 1.96. The Morgan fingerprint density at radius 3 is 2.82 bits per heavy atom. The molecule has 0 aromatic heterocycles. The topological polar surface area (TPSA) is 63.4 Å². The highest BCUT2D eigenvalue weighted by molar-refractivity contribution is 6.00. The molecule has 1 aliphatic heterocycles. The first-order chi connectivity index (χ1) is 5.13. The van der Waals surface area contributed by atoms with Gasteiger partial charge in [-0.05, 0) is 19.8 Å². The van der Waals surface area contributed by atoms with Crippen molar-refractivity contribution in [3.05, 3.63) is 0 Å². The minimum atomic E-state index is -0.478. The van der Waals surface area contributed by atoms with Gasteiger partial charge in [-0.3, -0.25) is 14.6 Å².